The summed E-state index contributed by atoms with van der Waals surface area (Å²) in [4.78, 5) is 10.7. The Bertz CT molecular complexity index is 407. The molecule has 1 aromatic carbocycles. The van der Waals surface area contributed by atoms with Gasteiger partial charge in [0.25, 0.3) is 0 Å². The van der Waals surface area contributed by atoms with E-state index < -0.39 is 11.6 Å². The van der Waals surface area contributed by atoms with Crippen LogP contribution in [0.5, 0.6) is 0 Å². The fourth-order valence-corrected chi connectivity index (χ4v) is 1.86. The first kappa shape index (κ1) is 23.1. The van der Waals surface area contributed by atoms with E-state index in [0.29, 0.717) is 23.9 Å². The van der Waals surface area contributed by atoms with Crippen LogP contribution in [0.15, 0.2) is 16.6 Å². The number of ketones is 1. The summed E-state index contributed by atoms with van der Waals surface area (Å²) in [6.07, 6.45) is 1.96. The summed E-state index contributed by atoms with van der Waals surface area (Å²) < 4.78 is 32.4. The molecule has 0 unspecified atom stereocenters. The van der Waals surface area contributed by atoms with Gasteiger partial charge in [0.2, 0.25) is 0 Å². The number of benzene rings is 1. The minimum absolute atomic E-state index is 0. The Morgan fingerprint density at radius 1 is 1.25 bits per heavy atom. The van der Waals surface area contributed by atoms with Gasteiger partial charge in [-0.2, -0.15) is 0 Å². The average molecular weight is 377 g/mol. The maximum atomic E-state index is 13.4. The largest absolute Gasteiger partial charge is 1.00 e. The molecule has 0 saturated heterocycles. The summed E-state index contributed by atoms with van der Waals surface area (Å²) in [6.45, 7) is 1.83. The maximum Gasteiger partial charge on any atom is 1.00 e. The summed E-state index contributed by atoms with van der Waals surface area (Å²) >= 11 is 3.01. The number of halogens is 3. The summed E-state index contributed by atoms with van der Waals surface area (Å²) in [7, 11) is 0. The molecule has 0 aliphatic carbocycles. The molecule has 0 heterocycles. The first-order valence-electron chi connectivity index (χ1n) is 5.71. The van der Waals surface area contributed by atoms with E-state index >= 15 is 0 Å². The average Bonchev–Trinajstić information content (AvgIpc) is 2.25. The minimum Gasteiger partial charge on any atom is -0.870 e. The van der Waals surface area contributed by atoms with Gasteiger partial charge in [-0.15, -0.1) is 0 Å². The van der Waals surface area contributed by atoms with Crippen LogP contribution in [0.2, 0.25) is 0 Å². The molecule has 1 aromatic rings. The molecule has 1 N–H and O–H groups in total. The molecule has 7 heteroatoms. The monoisotopic (exact) mass is 376 g/mol. The topological polar surface area (TPSA) is 56.3 Å². The van der Waals surface area contributed by atoms with E-state index in [-0.39, 0.29) is 74.8 Å². The molecular formula is C13H16BrF2KO3. The van der Waals surface area contributed by atoms with Crippen molar-refractivity contribution in [1.82, 2.24) is 0 Å². The van der Waals surface area contributed by atoms with Gasteiger partial charge in [-0.05, 0) is 31.9 Å². The summed E-state index contributed by atoms with van der Waals surface area (Å²) in [5, 5.41) is 0. The molecule has 108 valence electrons. The number of rotatable bonds is 7. The number of unbranched alkanes of at least 4 members (excludes halogenated alkanes) is 1. The van der Waals surface area contributed by atoms with Gasteiger partial charge in [-0.3, -0.25) is 0 Å². The zero-order valence-electron chi connectivity index (χ0n) is 11.6. The quantitative estimate of drug-likeness (QED) is 0.523. The molecule has 0 aliphatic rings. The number of carbonyl (C=O) groups is 1. The Kier molecular flexibility index (Phi) is 14.2. The van der Waals surface area contributed by atoms with Crippen LogP contribution in [0.25, 0.3) is 0 Å². The van der Waals surface area contributed by atoms with Crippen molar-refractivity contribution in [3.8, 4) is 0 Å². The number of Topliss-reactive ketones (excluding diaryl/α,β-unsaturated/α-hetero) is 1. The molecule has 1 rings (SSSR count). The number of ether oxygens (including phenoxy) is 1. The van der Waals surface area contributed by atoms with Gasteiger partial charge in [0, 0.05) is 23.1 Å². The zero-order valence-corrected chi connectivity index (χ0v) is 16.3. The van der Waals surface area contributed by atoms with E-state index in [0.717, 1.165) is 6.42 Å². The van der Waals surface area contributed by atoms with Crippen molar-refractivity contribution in [1.29, 1.82) is 0 Å². The van der Waals surface area contributed by atoms with Crippen molar-refractivity contribution >= 4 is 21.7 Å². The van der Waals surface area contributed by atoms with Crippen molar-refractivity contribution in [3.63, 3.8) is 0 Å². The van der Waals surface area contributed by atoms with Gasteiger partial charge in [-0.25, -0.2) is 8.78 Å². The Morgan fingerprint density at radius 2 is 1.80 bits per heavy atom. The van der Waals surface area contributed by atoms with Crippen molar-refractivity contribution in [2.24, 2.45) is 0 Å². The number of carbonyl (C=O) groups excluding carboxylic acids is 1. The second kappa shape index (κ2) is 12.3. The first-order chi connectivity index (χ1) is 8.50. The molecule has 0 spiro atoms. The van der Waals surface area contributed by atoms with Gasteiger partial charge >= 0.3 is 51.4 Å². The van der Waals surface area contributed by atoms with Crippen molar-refractivity contribution < 1.29 is 75.2 Å². The van der Waals surface area contributed by atoms with E-state index in [1.165, 1.54) is 19.1 Å². The summed E-state index contributed by atoms with van der Waals surface area (Å²) in [6, 6.07) is 2.41. The number of hydrogen-bond acceptors (Lipinski definition) is 3. The molecule has 0 radical (unpaired) electrons. The minimum atomic E-state index is -0.620. The Morgan fingerprint density at radius 3 is 2.30 bits per heavy atom. The van der Waals surface area contributed by atoms with Crippen LogP contribution in [-0.2, 0) is 16.1 Å². The molecule has 0 aromatic heterocycles. The van der Waals surface area contributed by atoms with Crippen LogP contribution >= 0.6 is 15.9 Å². The molecule has 0 fully saturated rings. The third-order valence-corrected chi connectivity index (χ3v) is 2.88. The van der Waals surface area contributed by atoms with Crippen LogP contribution in [0.4, 0.5) is 8.78 Å². The van der Waals surface area contributed by atoms with Crippen LogP contribution in [0, 0.1) is 11.6 Å². The molecule has 3 nitrogen and oxygen atoms in total. The van der Waals surface area contributed by atoms with Crippen molar-refractivity contribution in [2.75, 3.05) is 6.61 Å². The van der Waals surface area contributed by atoms with Gasteiger partial charge in [-0.1, -0.05) is 15.9 Å². The zero-order chi connectivity index (χ0) is 13.5. The normalized spacial score (nSPS) is 9.60. The van der Waals surface area contributed by atoms with Gasteiger partial charge in [0.05, 0.1) is 6.61 Å². The third kappa shape index (κ3) is 8.94. The number of hydrogen-bond donors (Lipinski definition) is 0. The van der Waals surface area contributed by atoms with Crippen molar-refractivity contribution in [2.45, 2.75) is 32.8 Å². The van der Waals surface area contributed by atoms with Crippen LogP contribution < -0.4 is 51.4 Å². The van der Waals surface area contributed by atoms with Crippen LogP contribution in [-0.4, -0.2) is 17.9 Å². The standard InChI is InChI=1S/C13H15BrF2O2.K.H2O/c1-9(17)4-2-3-5-18-8-11-12(15)6-10(14)7-13(11)16;;/h6-7H,2-5,8H2,1H3;;1H2/q;+1;/p-1. The van der Waals surface area contributed by atoms with Gasteiger partial charge in [0.1, 0.15) is 17.4 Å². The van der Waals surface area contributed by atoms with E-state index in [9.17, 15) is 13.6 Å². The van der Waals surface area contributed by atoms with Gasteiger partial charge < -0.3 is 15.0 Å². The third-order valence-electron chi connectivity index (χ3n) is 2.42. The van der Waals surface area contributed by atoms with Gasteiger partial charge in [0.15, 0.2) is 0 Å². The molecule has 0 saturated carbocycles. The van der Waals surface area contributed by atoms with Crippen LogP contribution in [0.1, 0.15) is 31.7 Å². The van der Waals surface area contributed by atoms with Crippen LogP contribution in [0.3, 0.4) is 0 Å². The van der Waals surface area contributed by atoms with E-state index in [1.807, 2.05) is 0 Å². The Labute approximate surface area is 168 Å². The summed E-state index contributed by atoms with van der Waals surface area (Å²) in [5.41, 5.74) is -0.0650. The van der Waals surface area contributed by atoms with E-state index in [2.05, 4.69) is 15.9 Å². The molecule has 0 bridgehead atoms. The molecule has 0 aliphatic heterocycles. The fourth-order valence-electron chi connectivity index (χ4n) is 1.46. The second-order valence-corrected chi connectivity index (χ2v) is 4.98. The Hall–Kier alpha value is 0.786. The second-order valence-electron chi connectivity index (χ2n) is 4.06. The molecule has 0 amide bonds. The predicted molar refractivity (Wildman–Crippen MR) is 70.2 cm³/mol. The molecular weight excluding hydrogens is 361 g/mol. The molecule has 20 heavy (non-hydrogen) atoms. The predicted octanol–water partition coefficient (Wildman–Crippen LogP) is 0.830. The molecule has 0 atom stereocenters. The smallest absolute Gasteiger partial charge is 0.870 e. The van der Waals surface area contributed by atoms with E-state index in [4.69, 9.17) is 4.74 Å². The Balaban J connectivity index is 0. The van der Waals surface area contributed by atoms with E-state index in [1.54, 1.807) is 0 Å². The maximum absolute atomic E-state index is 13.4. The summed E-state index contributed by atoms with van der Waals surface area (Å²) in [5.74, 6) is -1.10. The fraction of sp³-hybridized carbons (Fsp3) is 0.462. The SMILES string of the molecule is CC(=O)CCCCOCc1c(F)cc(Br)cc1F.[K+].[OH-]. The van der Waals surface area contributed by atoms with Crippen molar-refractivity contribution in [3.05, 3.63) is 33.8 Å². The first-order valence-corrected chi connectivity index (χ1v) is 6.50.